The van der Waals surface area contributed by atoms with Crippen LogP contribution in [0.1, 0.15) is 36.0 Å². The lowest BCUT2D eigenvalue weighted by molar-refractivity contribution is -0.130. The maximum Gasteiger partial charge on any atom is 0.254 e. The molecule has 2 amide bonds. The second-order valence-electron chi connectivity index (χ2n) is 5.52. The van der Waals surface area contributed by atoms with E-state index in [2.05, 4.69) is 0 Å². The summed E-state index contributed by atoms with van der Waals surface area (Å²) < 4.78 is 0. The Hall–Kier alpha value is -1.36. The Kier molecular flexibility index (Phi) is 3.09. The Morgan fingerprint density at radius 3 is 2.89 bits per heavy atom. The molecular weight excluding hydrogens is 260 g/mol. The predicted molar refractivity (Wildman–Crippen MR) is 74.2 cm³/mol. The predicted octanol–water partition coefficient (Wildman–Crippen LogP) is 1.98. The van der Waals surface area contributed by atoms with Gasteiger partial charge in [-0.15, -0.1) is 0 Å². The number of likely N-dealkylation sites (N-methyl/N-ethyl adjacent to an activating group) is 1. The quantitative estimate of drug-likeness (QED) is 0.788. The first-order valence-corrected chi connectivity index (χ1v) is 7.65. The lowest BCUT2D eigenvalue weighted by Gasteiger charge is -2.44. The first-order valence-electron chi connectivity index (χ1n) is 6.71. The summed E-state index contributed by atoms with van der Waals surface area (Å²) in [6.07, 6.45) is 3.50. The Labute approximate surface area is 117 Å². The molecule has 0 saturated carbocycles. The molecule has 1 atom stereocenters. The highest BCUT2D eigenvalue weighted by Gasteiger charge is 2.46. The number of likely N-dealkylation sites (tertiary alicyclic amines) is 2. The maximum absolute atomic E-state index is 12.4. The molecule has 0 aromatic carbocycles. The van der Waals surface area contributed by atoms with E-state index in [9.17, 15) is 9.59 Å². The summed E-state index contributed by atoms with van der Waals surface area (Å²) in [6.45, 7) is 1.49. The van der Waals surface area contributed by atoms with Crippen LogP contribution in [0, 0.1) is 0 Å². The van der Waals surface area contributed by atoms with Gasteiger partial charge in [-0.2, -0.15) is 11.3 Å². The zero-order chi connectivity index (χ0) is 13.5. The van der Waals surface area contributed by atoms with Gasteiger partial charge in [0.15, 0.2) is 0 Å². The van der Waals surface area contributed by atoms with Crippen LogP contribution in [0.3, 0.4) is 0 Å². The summed E-state index contributed by atoms with van der Waals surface area (Å²) in [4.78, 5) is 28.0. The van der Waals surface area contributed by atoms with Gasteiger partial charge < -0.3 is 9.80 Å². The van der Waals surface area contributed by atoms with Crippen LogP contribution < -0.4 is 0 Å². The van der Waals surface area contributed by atoms with E-state index in [1.807, 2.05) is 33.7 Å². The SMILES string of the molecule is CN1C(=O)CCC12CCCN(C(=O)c1ccsc1)C2. The van der Waals surface area contributed by atoms with Gasteiger partial charge in [0.05, 0.1) is 11.1 Å². The lowest BCUT2D eigenvalue weighted by atomic mass is 9.86. The molecule has 19 heavy (non-hydrogen) atoms. The van der Waals surface area contributed by atoms with Crippen molar-refractivity contribution in [2.24, 2.45) is 0 Å². The van der Waals surface area contributed by atoms with E-state index in [1.165, 1.54) is 0 Å². The molecule has 1 unspecified atom stereocenters. The van der Waals surface area contributed by atoms with Crippen LogP contribution in [0.5, 0.6) is 0 Å². The summed E-state index contributed by atoms with van der Waals surface area (Å²) in [6, 6.07) is 1.87. The van der Waals surface area contributed by atoms with E-state index in [1.54, 1.807) is 11.3 Å². The average molecular weight is 278 g/mol. The van der Waals surface area contributed by atoms with Crippen LogP contribution in [0.25, 0.3) is 0 Å². The molecule has 1 aromatic rings. The topological polar surface area (TPSA) is 40.6 Å². The summed E-state index contributed by atoms with van der Waals surface area (Å²) in [5, 5.41) is 3.82. The van der Waals surface area contributed by atoms with E-state index in [-0.39, 0.29) is 17.4 Å². The van der Waals surface area contributed by atoms with Crippen molar-refractivity contribution < 1.29 is 9.59 Å². The van der Waals surface area contributed by atoms with Crippen LogP contribution in [0.15, 0.2) is 16.8 Å². The summed E-state index contributed by atoms with van der Waals surface area (Å²) in [5.74, 6) is 0.318. The molecule has 0 radical (unpaired) electrons. The van der Waals surface area contributed by atoms with Gasteiger partial charge in [-0.25, -0.2) is 0 Å². The Morgan fingerprint density at radius 2 is 2.26 bits per heavy atom. The van der Waals surface area contributed by atoms with Gasteiger partial charge in [-0.3, -0.25) is 9.59 Å². The zero-order valence-corrected chi connectivity index (χ0v) is 11.9. The fraction of sp³-hybridized carbons (Fsp3) is 0.571. The summed E-state index contributed by atoms with van der Waals surface area (Å²) in [5.41, 5.74) is 0.662. The number of carbonyl (C=O) groups is 2. The average Bonchev–Trinajstić information content (AvgIpc) is 3.04. The minimum absolute atomic E-state index is 0.105. The maximum atomic E-state index is 12.4. The number of carbonyl (C=O) groups excluding carboxylic acids is 2. The third kappa shape index (κ3) is 2.06. The molecule has 2 aliphatic heterocycles. The second-order valence-corrected chi connectivity index (χ2v) is 6.30. The fourth-order valence-electron chi connectivity index (χ4n) is 3.27. The Bertz CT molecular complexity index is 500. The van der Waals surface area contributed by atoms with E-state index < -0.39 is 0 Å². The van der Waals surface area contributed by atoms with Crippen LogP contribution in [-0.4, -0.2) is 47.3 Å². The van der Waals surface area contributed by atoms with Gasteiger partial charge in [0, 0.05) is 31.9 Å². The first-order chi connectivity index (χ1) is 9.12. The summed E-state index contributed by atoms with van der Waals surface area (Å²) >= 11 is 1.54. The molecule has 2 aliphatic rings. The number of hydrogen-bond acceptors (Lipinski definition) is 3. The van der Waals surface area contributed by atoms with Gasteiger partial charge in [-0.05, 0) is 30.7 Å². The third-order valence-corrected chi connectivity index (χ3v) is 5.18. The largest absolute Gasteiger partial charge is 0.338 e. The highest BCUT2D eigenvalue weighted by molar-refractivity contribution is 7.08. The monoisotopic (exact) mass is 278 g/mol. The molecule has 1 spiro atoms. The molecule has 1 aromatic heterocycles. The normalized spacial score (nSPS) is 27.3. The van der Waals surface area contributed by atoms with E-state index >= 15 is 0 Å². The Morgan fingerprint density at radius 1 is 1.42 bits per heavy atom. The van der Waals surface area contributed by atoms with Crippen molar-refractivity contribution in [2.75, 3.05) is 20.1 Å². The molecule has 4 nitrogen and oxygen atoms in total. The zero-order valence-electron chi connectivity index (χ0n) is 11.1. The van der Waals surface area contributed by atoms with Crippen LogP contribution in [0.4, 0.5) is 0 Å². The molecule has 5 heteroatoms. The first kappa shape index (κ1) is 12.7. The van der Waals surface area contributed by atoms with Crippen molar-refractivity contribution in [3.8, 4) is 0 Å². The van der Waals surface area contributed by atoms with Gasteiger partial charge in [0.1, 0.15) is 0 Å². The fourth-order valence-corrected chi connectivity index (χ4v) is 3.90. The summed E-state index contributed by atoms with van der Waals surface area (Å²) in [7, 11) is 1.88. The second kappa shape index (κ2) is 4.63. The van der Waals surface area contributed by atoms with Gasteiger partial charge in [-0.1, -0.05) is 0 Å². The molecular formula is C14H18N2O2S. The number of amides is 2. The van der Waals surface area contributed by atoms with E-state index in [0.29, 0.717) is 13.0 Å². The molecule has 0 bridgehead atoms. The Balaban J connectivity index is 1.79. The van der Waals surface area contributed by atoms with Gasteiger partial charge in [0.2, 0.25) is 5.91 Å². The number of piperidine rings is 1. The smallest absolute Gasteiger partial charge is 0.254 e. The van der Waals surface area contributed by atoms with Crippen molar-refractivity contribution >= 4 is 23.2 Å². The number of thiophene rings is 1. The highest BCUT2D eigenvalue weighted by atomic mass is 32.1. The van der Waals surface area contributed by atoms with Crippen LogP contribution in [-0.2, 0) is 4.79 Å². The third-order valence-electron chi connectivity index (χ3n) is 4.50. The van der Waals surface area contributed by atoms with E-state index in [0.717, 1.165) is 31.4 Å². The highest BCUT2D eigenvalue weighted by Crippen LogP contribution is 2.37. The molecule has 2 fully saturated rings. The van der Waals surface area contributed by atoms with Gasteiger partial charge >= 0.3 is 0 Å². The number of hydrogen-bond donors (Lipinski definition) is 0. The van der Waals surface area contributed by atoms with Crippen molar-refractivity contribution in [3.63, 3.8) is 0 Å². The van der Waals surface area contributed by atoms with Crippen molar-refractivity contribution in [2.45, 2.75) is 31.2 Å². The molecule has 0 aliphatic carbocycles. The minimum atomic E-state index is -0.110. The molecule has 102 valence electrons. The van der Waals surface area contributed by atoms with Gasteiger partial charge in [0.25, 0.3) is 5.91 Å². The molecule has 3 heterocycles. The molecule has 0 N–H and O–H groups in total. The molecule has 3 rings (SSSR count). The minimum Gasteiger partial charge on any atom is -0.338 e. The molecule has 2 saturated heterocycles. The van der Waals surface area contributed by atoms with Crippen molar-refractivity contribution in [1.82, 2.24) is 9.80 Å². The van der Waals surface area contributed by atoms with Crippen molar-refractivity contribution in [3.05, 3.63) is 22.4 Å². The van der Waals surface area contributed by atoms with Crippen LogP contribution in [0.2, 0.25) is 0 Å². The number of rotatable bonds is 1. The van der Waals surface area contributed by atoms with Crippen molar-refractivity contribution in [1.29, 1.82) is 0 Å². The lowest BCUT2D eigenvalue weighted by Crippen LogP contribution is -2.56. The van der Waals surface area contributed by atoms with E-state index in [4.69, 9.17) is 0 Å². The van der Waals surface area contributed by atoms with Crippen LogP contribution >= 0.6 is 11.3 Å². The standard InChI is InChI=1S/C14H18N2O2S/c1-15-12(17)3-6-14(15)5-2-7-16(10-14)13(18)11-4-8-19-9-11/h4,8-9H,2-3,5-7,10H2,1H3. The number of nitrogens with zero attached hydrogens (tertiary/aromatic N) is 2.